The summed E-state index contributed by atoms with van der Waals surface area (Å²) in [6.07, 6.45) is 1.50. The second-order valence-corrected chi connectivity index (χ2v) is 3.45. The topological polar surface area (TPSA) is 53.6 Å². The van der Waals surface area contributed by atoms with Crippen molar-refractivity contribution in [2.24, 2.45) is 10.9 Å². The zero-order valence-electron chi connectivity index (χ0n) is 6.88. The standard InChI is InChI=1S/C8H10N4S/c9-12-6-10-11-8(12,13)7-4-2-1-3-5-7/h1-6,11,13H,9H2. The highest BCUT2D eigenvalue weighted by Gasteiger charge is 2.35. The summed E-state index contributed by atoms with van der Waals surface area (Å²) in [6, 6.07) is 9.68. The first-order valence-corrected chi connectivity index (χ1v) is 4.30. The van der Waals surface area contributed by atoms with Crippen LogP contribution in [0.4, 0.5) is 0 Å². The van der Waals surface area contributed by atoms with E-state index in [2.05, 4.69) is 23.2 Å². The number of thiol groups is 1. The second kappa shape index (κ2) is 2.93. The molecular weight excluding hydrogens is 184 g/mol. The van der Waals surface area contributed by atoms with E-state index in [0.29, 0.717) is 0 Å². The minimum absolute atomic E-state index is 0.721. The van der Waals surface area contributed by atoms with Crippen LogP contribution >= 0.6 is 12.6 Å². The van der Waals surface area contributed by atoms with Gasteiger partial charge in [-0.05, 0) is 0 Å². The third-order valence-corrected chi connectivity index (χ3v) is 2.54. The molecule has 0 amide bonds. The second-order valence-electron chi connectivity index (χ2n) is 2.80. The lowest BCUT2D eigenvalue weighted by Crippen LogP contribution is -2.48. The molecule has 0 fully saturated rings. The molecule has 3 N–H and O–H groups in total. The van der Waals surface area contributed by atoms with Crippen molar-refractivity contribution in [2.75, 3.05) is 0 Å². The number of rotatable bonds is 1. The molecule has 0 saturated heterocycles. The zero-order chi connectivity index (χ0) is 9.31. The summed E-state index contributed by atoms with van der Waals surface area (Å²) in [5, 5.41) is 5.27. The van der Waals surface area contributed by atoms with E-state index in [1.165, 1.54) is 11.3 Å². The molecule has 4 nitrogen and oxygen atoms in total. The van der Waals surface area contributed by atoms with Crippen LogP contribution in [0.1, 0.15) is 5.56 Å². The van der Waals surface area contributed by atoms with Gasteiger partial charge in [-0.3, -0.25) is 10.4 Å². The van der Waals surface area contributed by atoms with Crippen LogP contribution in [0.15, 0.2) is 35.4 Å². The molecule has 5 heteroatoms. The number of nitrogens with zero attached hydrogens (tertiary/aromatic N) is 2. The van der Waals surface area contributed by atoms with Crippen molar-refractivity contribution >= 4 is 19.0 Å². The Kier molecular flexibility index (Phi) is 1.90. The van der Waals surface area contributed by atoms with E-state index in [-0.39, 0.29) is 0 Å². The largest absolute Gasteiger partial charge is 0.269 e. The van der Waals surface area contributed by atoms with Gasteiger partial charge in [0.15, 0.2) is 0 Å². The van der Waals surface area contributed by atoms with E-state index in [1.54, 1.807) is 0 Å². The van der Waals surface area contributed by atoms with E-state index in [9.17, 15) is 0 Å². The van der Waals surface area contributed by atoms with Gasteiger partial charge >= 0.3 is 0 Å². The number of nitrogens with two attached hydrogens (primary N) is 1. The molecule has 1 atom stereocenters. The Morgan fingerprint density at radius 3 is 2.62 bits per heavy atom. The van der Waals surface area contributed by atoms with Crippen molar-refractivity contribution in [3.8, 4) is 0 Å². The van der Waals surface area contributed by atoms with Gasteiger partial charge in [0, 0.05) is 5.56 Å². The van der Waals surface area contributed by atoms with E-state index in [4.69, 9.17) is 5.84 Å². The third-order valence-electron chi connectivity index (χ3n) is 1.95. The molecule has 0 spiro atoms. The molecule has 2 rings (SSSR count). The molecule has 1 aliphatic rings. The molecule has 68 valence electrons. The molecule has 0 bridgehead atoms. The summed E-state index contributed by atoms with van der Waals surface area (Å²) in [5.41, 5.74) is 3.79. The summed E-state index contributed by atoms with van der Waals surface area (Å²) in [4.78, 5) is -0.721. The summed E-state index contributed by atoms with van der Waals surface area (Å²) >= 11 is 4.43. The summed E-state index contributed by atoms with van der Waals surface area (Å²) < 4.78 is 0. The Morgan fingerprint density at radius 1 is 1.38 bits per heavy atom. The molecule has 0 aromatic heterocycles. The quantitative estimate of drug-likeness (QED) is 0.449. The van der Waals surface area contributed by atoms with E-state index in [0.717, 1.165) is 5.56 Å². The van der Waals surface area contributed by atoms with Gasteiger partial charge in [0.05, 0.1) is 0 Å². The molecule has 0 aliphatic carbocycles. The van der Waals surface area contributed by atoms with Gasteiger partial charge in [-0.15, -0.1) is 12.6 Å². The Morgan fingerprint density at radius 2 is 2.08 bits per heavy atom. The Bertz CT molecular complexity index is 326. The van der Waals surface area contributed by atoms with Gasteiger partial charge in [-0.1, -0.05) is 30.3 Å². The monoisotopic (exact) mass is 194 g/mol. The van der Waals surface area contributed by atoms with Crippen LogP contribution < -0.4 is 11.3 Å². The summed E-state index contributed by atoms with van der Waals surface area (Å²) in [6.45, 7) is 0. The highest BCUT2D eigenvalue weighted by Crippen LogP contribution is 2.28. The molecule has 1 aromatic rings. The van der Waals surface area contributed by atoms with Crippen LogP contribution in [-0.2, 0) is 4.99 Å². The first-order valence-electron chi connectivity index (χ1n) is 3.86. The van der Waals surface area contributed by atoms with Gasteiger partial charge in [-0.2, -0.15) is 5.10 Å². The number of hydrazone groups is 1. The van der Waals surface area contributed by atoms with Crippen molar-refractivity contribution in [1.29, 1.82) is 0 Å². The Hall–Kier alpha value is -1.20. The van der Waals surface area contributed by atoms with Crippen LogP contribution in [0.25, 0.3) is 0 Å². The number of hydrogen-bond acceptors (Lipinski definition) is 5. The minimum atomic E-state index is -0.721. The maximum Gasteiger partial charge on any atom is 0.212 e. The summed E-state index contributed by atoms with van der Waals surface area (Å²) in [7, 11) is 0. The molecule has 13 heavy (non-hydrogen) atoms. The van der Waals surface area contributed by atoms with Gasteiger partial charge in [-0.25, -0.2) is 5.84 Å². The third kappa shape index (κ3) is 1.26. The fraction of sp³-hybridized carbons (Fsp3) is 0.125. The van der Waals surface area contributed by atoms with Gasteiger partial charge in [0.1, 0.15) is 6.34 Å². The van der Waals surface area contributed by atoms with E-state index < -0.39 is 4.99 Å². The molecule has 1 heterocycles. The lowest BCUT2D eigenvalue weighted by Gasteiger charge is -2.29. The van der Waals surface area contributed by atoms with E-state index >= 15 is 0 Å². The number of benzene rings is 1. The molecule has 0 saturated carbocycles. The van der Waals surface area contributed by atoms with Crippen molar-refractivity contribution in [3.05, 3.63) is 35.9 Å². The smallest absolute Gasteiger partial charge is 0.212 e. The Balaban J connectivity index is 2.36. The lowest BCUT2D eigenvalue weighted by atomic mass is 10.2. The Labute approximate surface area is 81.8 Å². The average molecular weight is 194 g/mol. The van der Waals surface area contributed by atoms with Crippen LogP contribution in [-0.4, -0.2) is 11.3 Å². The molecule has 0 radical (unpaired) electrons. The van der Waals surface area contributed by atoms with Crippen molar-refractivity contribution in [3.63, 3.8) is 0 Å². The van der Waals surface area contributed by atoms with Crippen molar-refractivity contribution in [1.82, 2.24) is 10.4 Å². The van der Waals surface area contributed by atoms with E-state index in [1.807, 2.05) is 30.3 Å². The number of hydrazine groups is 1. The van der Waals surface area contributed by atoms with Crippen LogP contribution in [0.3, 0.4) is 0 Å². The maximum atomic E-state index is 5.69. The predicted octanol–water partition coefficient (Wildman–Crippen LogP) is 0.449. The lowest BCUT2D eigenvalue weighted by molar-refractivity contribution is 0.281. The predicted molar refractivity (Wildman–Crippen MR) is 54.8 cm³/mol. The van der Waals surface area contributed by atoms with Gasteiger partial charge in [0.25, 0.3) is 0 Å². The number of nitrogens with one attached hydrogen (secondary N) is 1. The number of hydrogen-bond donors (Lipinski definition) is 3. The fourth-order valence-electron chi connectivity index (χ4n) is 1.21. The highest BCUT2D eigenvalue weighted by atomic mass is 32.1. The highest BCUT2D eigenvalue weighted by molar-refractivity contribution is 7.81. The minimum Gasteiger partial charge on any atom is -0.269 e. The SMILES string of the molecule is NN1C=NNC1(S)c1ccccc1. The molecule has 1 aromatic carbocycles. The maximum absolute atomic E-state index is 5.69. The normalized spacial score (nSPS) is 26.2. The van der Waals surface area contributed by atoms with Crippen LogP contribution in [0.2, 0.25) is 0 Å². The van der Waals surface area contributed by atoms with Gasteiger partial charge < -0.3 is 0 Å². The van der Waals surface area contributed by atoms with Crippen LogP contribution in [0.5, 0.6) is 0 Å². The van der Waals surface area contributed by atoms with Crippen molar-refractivity contribution < 1.29 is 0 Å². The molecular formula is C8H10N4S. The first-order chi connectivity index (χ1) is 6.23. The summed E-state index contributed by atoms with van der Waals surface area (Å²) in [5.74, 6) is 5.69. The van der Waals surface area contributed by atoms with Crippen molar-refractivity contribution in [2.45, 2.75) is 4.99 Å². The average Bonchev–Trinajstić information content (AvgIpc) is 2.50. The first kappa shape index (κ1) is 8.40. The molecule has 1 unspecified atom stereocenters. The zero-order valence-corrected chi connectivity index (χ0v) is 7.78. The van der Waals surface area contributed by atoms with Gasteiger partial charge in [0.2, 0.25) is 4.99 Å². The van der Waals surface area contributed by atoms with Crippen LogP contribution in [0, 0.1) is 0 Å². The molecule has 1 aliphatic heterocycles. The fourth-order valence-corrected chi connectivity index (χ4v) is 1.46.